The number of hydrogen-bond donors (Lipinski definition) is 1. The third-order valence-electron chi connectivity index (χ3n) is 4.99. The Bertz CT molecular complexity index is 1080. The molecular formula is C21H23N5O3S. The molecule has 1 amide bonds. The van der Waals surface area contributed by atoms with Crippen molar-refractivity contribution in [1.82, 2.24) is 9.47 Å². The standard InChI is InChI=1S/C21H23N5O3S/c1-15(18-9-6-12-30-18)24-29-13-19(27)22-23-20-16-7-2-3-8-17(16)26(21(20)28)14-25-10-4-5-11-25/h2-3,6-9,12,28H,4-5,10-11,13-14H2,1H3/b23-22?,24-15+. The Morgan fingerprint density at radius 2 is 2.00 bits per heavy atom. The zero-order chi connectivity index (χ0) is 20.9. The Balaban J connectivity index is 1.47. The maximum Gasteiger partial charge on any atom is 0.304 e. The Hall–Kier alpha value is -3.04. The van der Waals surface area contributed by atoms with Crippen molar-refractivity contribution >= 4 is 39.5 Å². The number of nitrogens with zero attached hydrogens (tertiary/aromatic N) is 5. The number of aromatic nitrogens is 1. The maximum atomic E-state index is 12.1. The van der Waals surface area contributed by atoms with Crippen LogP contribution in [0.4, 0.5) is 5.69 Å². The minimum Gasteiger partial charge on any atom is -0.493 e. The van der Waals surface area contributed by atoms with Crippen LogP contribution in [0.15, 0.2) is 57.2 Å². The molecule has 2 aromatic heterocycles. The SMILES string of the molecule is C/C(=N\OCC(=O)N=Nc1c(O)n(CN2CCCC2)c2ccccc12)c1cccs1. The molecule has 9 heteroatoms. The molecule has 1 aliphatic heterocycles. The number of para-hydroxylation sites is 1. The first kappa shape index (κ1) is 20.2. The van der Waals surface area contributed by atoms with E-state index >= 15 is 0 Å². The highest BCUT2D eigenvalue weighted by molar-refractivity contribution is 7.12. The van der Waals surface area contributed by atoms with Gasteiger partial charge in [-0.15, -0.1) is 21.6 Å². The van der Waals surface area contributed by atoms with Crippen LogP contribution in [0.1, 0.15) is 24.6 Å². The number of aromatic hydroxyl groups is 1. The lowest BCUT2D eigenvalue weighted by Gasteiger charge is -2.17. The summed E-state index contributed by atoms with van der Waals surface area (Å²) in [5.74, 6) is -0.569. The molecule has 0 atom stereocenters. The molecule has 0 saturated carbocycles. The summed E-state index contributed by atoms with van der Waals surface area (Å²) in [7, 11) is 0. The highest BCUT2D eigenvalue weighted by atomic mass is 32.1. The van der Waals surface area contributed by atoms with Gasteiger partial charge in [0, 0.05) is 5.39 Å². The molecule has 3 heterocycles. The minimum absolute atomic E-state index is 0.00660. The van der Waals surface area contributed by atoms with Crippen LogP contribution in [0.3, 0.4) is 0 Å². The predicted molar refractivity (Wildman–Crippen MR) is 116 cm³/mol. The van der Waals surface area contributed by atoms with Gasteiger partial charge in [-0.2, -0.15) is 0 Å². The maximum absolute atomic E-state index is 12.1. The number of amides is 1. The van der Waals surface area contributed by atoms with Crippen LogP contribution in [0, 0.1) is 0 Å². The number of oxime groups is 1. The van der Waals surface area contributed by atoms with Crippen LogP contribution in [0.25, 0.3) is 10.9 Å². The average molecular weight is 426 g/mol. The summed E-state index contributed by atoms with van der Waals surface area (Å²) in [5.41, 5.74) is 1.84. The number of fused-ring (bicyclic) bond motifs is 1. The molecule has 0 aliphatic carbocycles. The van der Waals surface area contributed by atoms with Gasteiger partial charge in [0.15, 0.2) is 12.3 Å². The molecule has 1 fully saturated rings. The van der Waals surface area contributed by atoms with Gasteiger partial charge >= 0.3 is 5.91 Å². The first-order chi connectivity index (χ1) is 14.6. The molecule has 3 aromatic rings. The van der Waals surface area contributed by atoms with Crippen molar-refractivity contribution in [3.8, 4) is 5.88 Å². The fraction of sp³-hybridized carbons (Fsp3) is 0.333. The topological polar surface area (TPSA) is 91.8 Å². The van der Waals surface area contributed by atoms with Gasteiger partial charge < -0.3 is 9.94 Å². The van der Waals surface area contributed by atoms with E-state index in [1.54, 1.807) is 11.3 Å². The molecule has 30 heavy (non-hydrogen) atoms. The smallest absolute Gasteiger partial charge is 0.304 e. The highest BCUT2D eigenvalue weighted by Gasteiger charge is 2.20. The van der Waals surface area contributed by atoms with E-state index in [9.17, 15) is 9.90 Å². The van der Waals surface area contributed by atoms with Crippen LogP contribution in [-0.2, 0) is 16.3 Å². The number of azo groups is 1. The van der Waals surface area contributed by atoms with Crippen LogP contribution in [0.2, 0.25) is 0 Å². The van der Waals surface area contributed by atoms with E-state index in [1.165, 1.54) is 0 Å². The number of hydrogen-bond acceptors (Lipinski definition) is 7. The molecule has 1 aliphatic rings. The second-order valence-electron chi connectivity index (χ2n) is 7.11. The molecule has 8 nitrogen and oxygen atoms in total. The van der Waals surface area contributed by atoms with E-state index in [-0.39, 0.29) is 18.2 Å². The number of carbonyl (C=O) groups excluding carboxylic acids is 1. The van der Waals surface area contributed by atoms with Crippen molar-refractivity contribution in [2.24, 2.45) is 15.4 Å². The quantitative estimate of drug-likeness (QED) is 0.342. The summed E-state index contributed by atoms with van der Waals surface area (Å²) < 4.78 is 1.81. The van der Waals surface area contributed by atoms with Crippen LogP contribution in [0.5, 0.6) is 5.88 Å². The molecule has 0 bridgehead atoms. The van der Waals surface area contributed by atoms with Gasteiger partial charge in [0.25, 0.3) is 0 Å². The second kappa shape index (κ2) is 9.19. The Morgan fingerprint density at radius 1 is 1.20 bits per heavy atom. The minimum atomic E-state index is -0.575. The fourth-order valence-corrected chi connectivity index (χ4v) is 4.15. The van der Waals surface area contributed by atoms with Crippen molar-refractivity contribution < 1.29 is 14.7 Å². The van der Waals surface area contributed by atoms with Gasteiger partial charge in [0.05, 0.1) is 22.8 Å². The lowest BCUT2D eigenvalue weighted by Crippen LogP contribution is -2.22. The molecule has 1 N–H and O–H groups in total. The fourth-order valence-electron chi connectivity index (χ4n) is 3.49. The van der Waals surface area contributed by atoms with E-state index in [2.05, 4.69) is 20.3 Å². The third-order valence-corrected chi connectivity index (χ3v) is 5.96. The van der Waals surface area contributed by atoms with Crippen molar-refractivity contribution in [1.29, 1.82) is 0 Å². The van der Waals surface area contributed by atoms with E-state index in [4.69, 9.17) is 4.84 Å². The van der Waals surface area contributed by atoms with E-state index < -0.39 is 5.91 Å². The normalized spacial score (nSPS) is 15.4. The molecule has 1 saturated heterocycles. The molecule has 0 radical (unpaired) electrons. The lowest BCUT2D eigenvalue weighted by molar-refractivity contribution is -0.122. The summed E-state index contributed by atoms with van der Waals surface area (Å²) in [4.78, 5) is 20.4. The highest BCUT2D eigenvalue weighted by Crippen LogP contribution is 2.39. The van der Waals surface area contributed by atoms with Crippen LogP contribution < -0.4 is 0 Å². The number of rotatable bonds is 7. The lowest BCUT2D eigenvalue weighted by atomic mass is 10.2. The van der Waals surface area contributed by atoms with Gasteiger partial charge in [-0.3, -0.25) is 14.3 Å². The molecule has 4 rings (SSSR count). The van der Waals surface area contributed by atoms with Gasteiger partial charge in [-0.1, -0.05) is 29.4 Å². The predicted octanol–water partition coefficient (Wildman–Crippen LogP) is 4.51. The zero-order valence-corrected chi connectivity index (χ0v) is 17.5. The van der Waals surface area contributed by atoms with Gasteiger partial charge in [-0.25, -0.2) is 0 Å². The monoisotopic (exact) mass is 425 g/mol. The number of thiophene rings is 1. The summed E-state index contributed by atoms with van der Waals surface area (Å²) in [6, 6.07) is 11.4. The Morgan fingerprint density at radius 3 is 2.77 bits per heavy atom. The van der Waals surface area contributed by atoms with Crippen molar-refractivity contribution in [2.75, 3.05) is 19.7 Å². The summed E-state index contributed by atoms with van der Waals surface area (Å²) in [6.45, 7) is 4.08. The average Bonchev–Trinajstić information content (AvgIpc) is 3.50. The first-order valence-electron chi connectivity index (χ1n) is 9.81. The van der Waals surface area contributed by atoms with Crippen molar-refractivity contribution in [3.05, 3.63) is 46.7 Å². The number of benzene rings is 1. The molecule has 156 valence electrons. The Labute approximate surface area is 178 Å². The van der Waals surface area contributed by atoms with Gasteiger partial charge in [-0.05, 0) is 50.4 Å². The largest absolute Gasteiger partial charge is 0.493 e. The summed E-state index contributed by atoms with van der Waals surface area (Å²) in [5, 5.41) is 25.1. The molecule has 0 spiro atoms. The third kappa shape index (κ3) is 4.42. The van der Waals surface area contributed by atoms with E-state index in [1.807, 2.05) is 53.3 Å². The van der Waals surface area contributed by atoms with E-state index in [0.29, 0.717) is 12.4 Å². The van der Waals surface area contributed by atoms with Gasteiger partial charge in [0.1, 0.15) is 0 Å². The molecule has 0 unspecified atom stereocenters. The first-order valence-corrected chi connectivity index (χ1v) is 10.7. The van der Waals surface area contributed by atoms with Crippen molar-refractivity contribution in [3.63, 3.8) is 0 Å². The zero-order valence-electron chi connectivity index (χ0n) is 16.7. The molecular weight excluding hydrogens is 402 g/mol. The van der Waals surface area contributed by atoms with Gasteiger partial charge in [0.2, 0.25) is 5.88 Å². The van der Waals surface area contributed by atoms with E-state index in [0.717, 1.165) is 41.7 Å². The number of likely N-dealkylation sites (tertiary alicyclic amines) is 1. The Kier molecular flexibility index (Phi) is 6.20. The summed E-state index contributed by atoms with van der Waals surface area (Å²) >= 11 is 1.54. The summed E-state index contributed by atoms with van der Waals surface area (Å²) in [6.07, 6.45) is 2.32. The van der Waals surface area contributed by atoms with Crippen LogP contribution in [-0.4, -0.2) is 45.9 Å². The second-order valence-corrected chi connectivity index (χ2v) is 8.05. The van der Waals surface area contributed by atoms with Crippen LogP contribution >= 0.6 is 11.3 Å². The number of carbonyl (C=O) groups is 1. The molecule has 1 aromatic carbocycles. The van der Waals surface area contributed by atoms with Crippen molar-refractivity contribution in [2.45, 2.75) is 26.4 Å².